The van der Waals surface area contributed by atoms with Crippen molar-refractivity contribution in [3.8, 4) is 0 Å². The van der Waals surface area contributed by atoms with Gasteiger partial charge >= 0.3 is 0 Å². The molecule has 3 atom stereocenters. The molecule has 0 amide bonds. The van der Waals surface area contributed by atoms with Gasteiger partial charge in [0.05, 0.1) is 12.1 Å². The topological polar surface area (TPSA) is 20.1 Å². The van der Waals surface area contributed by atoms with Gasteiger partial charge in [-0.2, -0.15) is 0 Å². The highest BCUT2D eigenvalue weighted by Crippen LogP contribution is 2.45. The molecule has 0 aromatic heterocycles. The number of rotatable bonds is 5. The molecular formula is C22H19NO. The molecule has 118 valence electrons. The molecule has 3 aromatic carbocycles. The lowest BCUT2D eigenvalue weighted by atomic mass is 10.0. The Bertz CT molecular complexity index is 814. The van der Waals surface area contributed by atoms with Crippen molar-refractivity contribution < 1.29 is 4.79 Å². The van der Waals surface area contributed by atoms with Gasteiger partial charge in [0.15, 0.2) is 5.78 Å². The molecule has 0 N–H and O–H groups in total. The molecule has 2 heteroatoms. The van der Waals surface area contributed by atoms with Crippen molar-refractivity contribution >= 4 is 5.78 Å². The van der Waals surface area contributed by atoms with Gasteiger partial charge in [-0.05, 0) is 11.1 Å². The van der Waals surface area contributed by atoms with Gasteiger partial charge in [-0.25, -0.2) is 0 Å². The van der Waals surface area contributed by atoms with Crippen LogP contribution in [0, 0.1) is 0 Å². The fourth-order valence-corrected chi connectivity index (χ4v) is 3.36. The first-order chi connectivity index (χ1) is 11.8. The van der Waals surface area contributed by atoms with Crippen molar-refractivity contribution in [3.63, 3.8) is 0 Å². The van der Waals surface area contributed by atoms with Crippen LogP contribution in [-0.4, -0.2) is 16.7 Å². The molecule has 1 heterocycles. The Morgan fingerprint density at radius 3 is 1.92 bits per heavy atom. The first-order valence-electron chi connectivity index (χ1n) is 8.28. The summed E-state index contributed by atoms with van der Waals surface area (Å²) in [4.78, 5) is 15.2. The number of hydrogen-bond donors (Lipinski definition) is 0. The minimum atomic E-state index is -0.0741. The molecule has 1 saturated heterocycles. The molecule has 0 bridgehead atoms. The summed E-state index contributed by atoms with van der Waals surface area (Å²) in [6, 6.07) is 30.4. The molecule has 3 unspecified atom stereocenters. The molecule has 4 rings (SSSR count). The molecule has 1 aliphatic rings. The number of Topliss-reactive ketones (excluding diaryl/α,β-unsaturated/α-hetero) is 1. The highest BCUT2D eigenvalue weighted by molar-refractivity contribution is 6.02. The maximum atomic E-state index is 12.9. The Morgan fingerprint density at radius 2 is 1.29 bits per heavy atom. The predicted octanol–water partition coefficient (Wildman–Crippen LogP) is 4.50. The van der Waals surface area contributed by atoms with Gasteiger partial charge in [0, 0.05) is 12.1 Å². The van der Waals surface area contributed by atoms with Gasteiger partial charge in [0.25, 0.3) is 0 Å². The van der Waals surface area contributed by atoms with E-state index < -0.39 is 0 Å². The number of benzene rings is 3. The van der Waals surface area contributed by atoms with Crippen LogP contribution in [0.15, 0.2) is 91.0 Å². The van der Waals surface area contributed by atoms with Gasteiger partial charge in [-0.3, -0.25) is 9.69 Å². The summed E-state index contributed by atoms with van der Waals surface area (Å²) in [5.41, 5.74) is 3.24. The van der Waals surface area contributed by atoms with E-state index in [4.69, 9.17) is 0 Å². The van der Waals surface area contributed by atoms with E-state index in [1.54, 1.807) is 0 Å². The van der Waals surface area contributed by atoms with Gasteiger partial charge in [-0.1, -0.05) is 91.0 Å². The summed E-state index contributed by atoms with van der Waals surface area (Å²) in [6.45, 7) is 0.795. The minimum Gasteiger partial charge on any atom is -0.292 e. The number of ketones is 1. The third kappa shape index (κ3) is 2.89. The SMILES string of the molecule is O=C(c1ccccc1)C1C(c2ccccc2)N1Cc1ccccc1. The summed E-state index contributed by atoms with van der Waals surface area (Å²) >= 11 is 0. The average Bonchev–Trinajstić information content (AvgIpc) is 3.37. The van der Waals surface area contributed by atoms with Crippen molar-refractivity contribution in [1.82, 2.24) is 4.90 Å². The van der Waals surface area contributed by atoms with Crippen LogP contribution in [0.1, 0.15) is 27.5 Å². The zero-order valence-corrected chi connectivity index (χ0v) is 13.4. The molecule has 0 spiro atoms. The monoisotopic (exact) mass is 313 g/mol. The van der Waals surface area contributed by atoms with Crippen LogP contribution in [0.25, 0.3) is 0 Å². The lowest BCUT2D eigenvalue weighted by Crippen LogP contribution is -2.13. The van der Waals surface area contributed by atoms with Crippen LogP contribution < -0.4 is 0 Å². The summed E-state index contributed by atoms with van der Waals surface area (Å²) in [5, 5.41) is 0. The van der Waals surface area contributed by atoms with E-state index in [2.05, 4.69) is 29.2 Å². The standard InChI is InChI=1S/C22H19NO/c24-22(19-14-8-3-9-15-19)21-20(18-12-6-2-7-13-18)23(21)16-17-10-4-1-5-11-17/h1-15,20-21H,16H2. The predicted molar refractivity (Wildman–Crippen MR) is 95.7 cm³/mol. The zero-order chi connectivity index (χ0) is 16.4. The molecule has 1 aliphatic heterocycles. The summed E-state index contributed by atoms with van der Waals surface area (Å²) < 4.78 is 0. The highest BCUT2D eigenvalue weighted by Gasteiger charge is 2.52. The van der Waals surface area contributed by atoms with Gasteiger partial charge < -0.3 is 0 Å². The van der Waals surface area contributed by atoms with E-state index in [0.29, 0.717) is 0 Å². The minimum absolute atomic E-state index is 0.0741. The first kappa shape index (κ1) is 14.9. The Balaban J connectivity index is 1.61. The van der Waals surface area contributed by atoms with Crippen LogP contribution in [0.2, 0.25) is 0 Å². The Labute approximate surface area is 142 Å². The highest BCUT2D eigenvalue weighted by atomic mass is 16.1. The first-order valence-corrected chi connectivity index (χ1v) is 8.28. The summed E-state index contributed by atoms with van der Waals surface area (Å²) in [6.07, 6.45) is 0. The van der Waals surface area contributed by atoms with Crippen LogP contribution >= 0.6 is 0 Å². The average molecular weight is 313 g/mol. The second-order valence-electron chi connectivity index (χ2n) is 6.19. The third-order valence-electron chi connectivity index (χ3n) is 4.60. The largest absolute Gasteiger partial charge is 0.292 e. The number of nitrogens with zero attached hydrogens (tertiary/aromatic N) is 1. The third-order valence-corrected chi connectivity index (χ3v) is 4.60. The zero-order valence-electron chi connectivity index (χ0n) is 13.4. The molecule has 0 saturated carbocycles. The van der Waals surface area contributed by atoms with E-state index in [1.165, 1.54) is 11.1 Å². The molecule has 2 nitrogen and oxygen atoms in total. The number of carbonyl (C=O) groups excluding carboxylic acids is 1. The lowest BCUT2D eigenvalue weighted by molar-refractivity contribution is 0.0973. The van der Waals surface area contributed by atoms with Crippen molar-refractivity contribution in [2.45, 2.75) is 18.6 Å². The second-order valence-corrected chi connectivity index (χ2v) is 6.19. The Morgan fingerprint density at radius 1 is 0.750 bits per heavy atom. The smallest absolute Gasteiger partial charge is 0.181 e. The van der Waals surface area contributed by atoms with Crippen molar-refractivity contribution in [2.75, 3.05) is 0 Å². The van der Waals surface area contributed by atoms with Gasteiger partial charge in [0.1, 0.15) is 0 Å². The summed E-state index contributed by atoms with van der Waals surface area (Å²) in [5.74, 6) is 0.209. The fraction of sp³-hybridized carbons (Fsp3) is 0.136. The molecular weight excluding hydrogens is 294 g/mol. The molecule has 24 heavy (non-hydrogen) atoms. The molecule has 0 radical (unpaired) electrons. The van der Waals surface area contributed by atoms with E-state index in [-0.39, 0.29) is 17.9 Å². The number of carbonyl (C=O) groups is 1. The van der Waals surface area contributed by atoms with Crippen molar-refractivity contribution in [3.05, 3.63) is 108 Å². The van der Waals surface area contributed by atoms with Crippen LogP contribution in [0.4, 0.5) is 0 Å². The Hall–Kier alpha value is -2.71. The molecule has 3 aromatic rings. The normalized spacial score (nSPS) is 22.1. The van der Waals surface area contributed by atoms with E-state index in [0.717, 1.165) is 12.1 Å². The Kier molecular flexibility index (Phi) is 3.97. The van der Waals surface area contributed by atoms with Crippen LogP contribution in [-0.2, 0) is 6.54 Å². The van der Waals surface area contributed by atoms with E-state index in [1.807, 2.05) is 66.7 Å². The molecule has 0 aliphatic carbocycles. The van der Waals surface area contributed by atoms with Crippen molar-refractivity contribution in [1.29, 1.82) is 0 Å². The van der Waals surface area contributed by atoms with Gasteiger partial charge in [-0.15, -0.1) is 0 Å². The quantitative estimate of drug-likeness (QED) is 0.511. The van der Waals surface area contributed by atoms with Gasteiger partial charge in [0.2, 0.25) is 0 Å². The molecule has 1 fully saturated rings. The van der Waals surface area contributed by atoms with Crippen molar-refractivity contribution in [2.24, 2.45) is 0 Å². The number of hydrogen-bond acceptors (Lipinski definition) is 2. The van der Waals surface area contributed by atoms with E-state index >= 15 is 0 Å². The fourth-order valence-electron chi connectivity index (χ4n) is 3.36. The van der Waals surface area contributed by atoms with E-state index in [9.17, 15) is 4.79 Å². The van der Waals surface area contributed by atoms with Crippen LogP contribution in [0.5, 0.6) is 0 Å². The van der Waals surface area contributed by atoms with Crippen LogP contribution in [0.3, 0.4) is 0 Å². The maximum absolute atomic E-state index is 12.9. The second kappa shape index (κ2) is 6.42. The maximum Gasteiger partial charge on any atom is 0.181 e. The summed E-state index contributed by atoms with van der Waals surface area (Å²) in [7, 11) is 0. The lowest BCUT2D eigenvalue weighted by Gasteiger charge is -2.04.